The molecule has 0 spiro atoms. The number of hydrogen-bond acceptors (Lipinski definition) is 3. The quantitative estimate of drug-likeness (QED) is 0.476. The lowest BCUT2D eigenvalue weighted by molar-refractivity contribution is -0.136. The highest BCUT2D eigenvalue weighted by Gasteiger charge is 2.13. The van der Waals surface area contributed by atoms with Crippen LogP contribution in [0.3, 0.4) is 0 Å². The van der Waals surface area contributed by atoms with Gasteiger partial charge in [-0.2, -0.15) is 5.10 Å². The molecule has 0 aliphatic rings. The highest BCUT2D eigenvalue weighted by molar-refractivity contribution is 6.40. The van der Waals surface area contributed by atoms with E-state index in [1.165, 1.54) is 30.0 Å². The molecule has 2 aromatic carbocycles. The Morgan fingerprint density at radius 3 is 2.16 bits per heavy atom. The van der Waals surface area contributed by atoms with E-state index in [9.17, 15) is 9.59 Å². The maximum atomic E-state index is 11.8. The molecule has 0 fully saturated rings. The van der Waals surface area contributed by atoms with Crippen LogP contribution in [0.4, 0.5) is 5.69 Å². The topological polar surface area (TPSA) is 70.6 Å². The van der Waals surface area contributed by atoms with Gasteiger partial charge in [-0.05, 0) is 35.2 Å². The molecule has 25 heavy (non-hydrogen) atoms. The molecule has 2 amide bonds. The van der Waals surface area contributed by atoms with Gasteiger partial charge in [0.05, 0.1) is 6.21 Å². The number of hydrazone groups is 1. The molecule has 130 valence electrons. The maximum Gasteiger partial charge on any atom is 0.329 e. The maximum absolute atomic E-state index is 11.8. The number of halogens is 2. The van der Waals surface area contributed by atoms with Crippen molar-refractivity contribution in [3.05, 3.63) is 63.6 Å². The van der Waals surface area contributed by atoms with E-state index in [-0.39, 0.29) is 0 Å². The van der Waals surface area contributed by atoms with Gasteiger partial charge in [0.25, 0.3) is 0 Å². The van der Waals surface area contributed by atoms with Crippen molar-refractivity contribution in [2.24, 2.45) is 5.10 Å². The van der Waals surface area contributed by atoms with Crippen LogP contribution in [0.1, 0.15) is 30.9 Å². The van der Waals surface area contributed by atoms with Crippen molar-refractivity contribution in [1.82, 2.24) is 5.43 Å². The molecule has 0 saturated heterocycles. The molecule has 0 unspecified atom stereocenters. The minimum Gasteiger partial charge on any atom is -0.318 e. The number of amides is 2. The summed E-state index contributed by atoms with van der Waals surface area (Å²) in [5, 5.41) is 6.88. The molecule has 0 aliphatic carbocycles. The van der Waals surface area contributed by atoms with E-state index in [1.807, 2.05) is 24.3 Å². The third-order valence-corrected chi connectivity index (χ3v) is 3.75. The first kappa shape index (κ1) is 19.0. The van der Waals surface area contributed by atoms with Gasteiger partial charge in [0, 0.05) is 15.7 Å². The summed E-state index contributed by atoms with van der Waals surface area (Å²) in [6.45, 7) is 4.21. The second kappa shape index (κ2) is 8.65. The molecular weight excluding hydrogens is 361 g/mol. The van der Waals surface area contributed by atoms with Gasteiger partial charge in [-0.15, -0.1) is 0 Å². The number of carbonyl (C=O) groups is 2. The predicted octanol–water partition coefficient (Wildman–Crippen LogP) is 4.21. The minimum absolute atomic E-state index is 0.325. The SMILES string of the molecule is CC(C)c1ccc(/C=N\NC(=O)C(=O)Nc2cc(Cl)cc(Cl)c2)cc1. The van der Waals surface area contributed by atoms with Crippen LogP contribution in [0, 0.1) is 0 Å². The zero-order valence-corrected chi connectivity index (χ0v) is 15.2. The lowest BCUT2D eigenvalue weighted by atomic mass is 10.0. The second-order valence-corrected chi connectivity index (χ2v) is 6.51. The highest BCUT2D eigenvalue weighted by Crippen LogP contribution is 2.22. The molecule has 2 rings (SSSR count). The summed E-state index contributed by atoms with van der Waals surface area (Å²) in [6, 6.07) is 12.2. The molecule has 0 radical (unpaired) electrons. The van der Waals surface area contributed by atoms with E-state index >= 15 is 0 Å². The van der Waals surface area contributed by atoms with Gasteiger partial charge in [-0.1, -0.05) is 61.3 Å². The van der Waals surface area contributed by atoms with Gasteiger partial charge in [-0.3, -0.25) is 9.59 Å². The summed E-state index contributed by atoms with van der Waals surface area (Å²) in [5.74, 6) is -1.33. The number of rotatable bonds is 4. The molecule has 0 heterocycles. The van der Waals surface area contributed by atoms with E-state index < -0.39 is 11.8 Å². The molecule has 0 bridgehead atoms. The molecular formula is C18H17Cl2N3O2. The molecule has 0 aromatic heterocycles. The summed E-state index contributed by atoms with van der Waals surface area (Å²) in [7, 11) is 0. The van der Waals surface area contributed by atoms with Crippen LogP contribution < -0.4 is 10.7 Å². The second-order valence-electron chi connectivity index (χ2n) is 5.63. The molecule has 0 saturated carbocycles. The van der Waals surface area contributed by atoms with Crippen molar-refractivity contribution in [3.63, 3.8) is 0 Å². The Kier molecular flexibility index (Phi) is 6.56. The average Bonchev–Trinajstić information content (AvgIpc) is 2.54. The van der Waals surface area contributed by atoms with E-state index in [2.05, 4.69) is 29.7 Å². The Hall–Kier alpha value is -2.37. The number of hydrogen-bond donors (Lipinski definition) is 2. The first-order valence-electron chi connectivity index (χ1n) is 7.55. The average molecular weight is 378 g/mol. The monoisotopic (exact) mass is 377 g/mol. The van der Waals surface area contributed by atoms with E-state index in [1.54, 1.807) is 0 Å². The third-order valence-electron chi connectivity index (χ3n) is 3.31. The first-order valence-corrected chi connectivity index (χ1v) is 8.31. The standard InChI is InChI=1S/C18H17Cl2N3O2/c1-11(2)13-5-3-12(4-6-13)10-21-23-18(25)17(24)22-16-8-14(19)7-15(20)9-16/h3-11H,1-2H3,(H,22,24)(H,23,25)/b21-10-. The first-order chi connectivity index (χ1) is 11.8. The summed E-state index contributed by atoms with van der Waals surface area (Å²) in [5.41, 5.74) is 4.52. The van der Waals surface area contributed by atoms with Crippen molar-refractivity contribution in [3.8, 4) is 0 Å². The van der Waals surface area contributed by atoms with Crippen LogP contribution >= 0.6 is 23.2 Å². The van der Waals surface area contributed by atoms with Gasteiger partial charge < -0.3 is 5.32 Å². The Morgan fingerprint density at radius 1 is 1.00 bits per heavy atom. The normalized spacial score (nSPS) is 10.9. The van der Waals surface area contributed by atoms with Crippen LogP contribution in [0.15, 0.2) is 47.6 Å². The van der Waals surface area contributed by atoms with Crippen molar-refractivity contribution in [2.45, 2.75) is 19.8 Å². The third kappa shape index (κ3) is 5.89. The van der Waals surface area contributed by atoms with Crippen molar-refractivity contribution < 1.29 is 9.59 Å². The van der Waals surface area contributed by atoms with Crippen LogP contribution in [-0.4, -0.2) is 18.0 Å². The lowest BCUT2D eigenvalue weighted by Crippen LogP contribution is -2.32. The lowest BCUT2D eigenvalue weighted by Gasteiger charge is -2.05. The smallest absolute Gasteiger partial charge is 0.318 e. The Bertz CT molecular complexity index is 782. The van der Waals surface area contributed by atoms with E-state index in [0.29, 0.717) is 21.7 Å². The Balaban J connectivity index is 1.91. The summed E-state index contributed by atoms with van der Waals surface area (Å²) in [6.07, 6.45) is 1.46. The van der Waals surface area contributed by atoms with E-state index in [4.69, 9.17) is 23.2 Å². The number of anilines is 1. The number of nitrogens with zero attached hydrogens (tertiary/aromatic N) is 1. The van der Waals surface area contributed by atoms with Crippen molar-refractivity contribution in [2.75, 3.05) is 5.32 Å². The fourth-order valence-electron chi connectivity index (χ4n) is 2.00. The predicted molar refractivity (Wildman–Crippen MR) is 101 cm³/mol. The molecule has 5 nitrogen and oxygen atoms in total. The summed E-state index contributed by atoms with van der Waals surface area (Å²) >= 11 is 11.7. The zero-order chi connectivity index (χ0) is 18.4. The molecule has 2 aromatic rings. The zero-order valence-electron chi connectivity index (χ0n) is 13.7. The van der Waals surface area contributed by atoms with Gasteiger partial charge in [0.1, 0.15) is 0 Å². The Labute approximate surface area is 156 Å². The van der Waals surface area contributed by atoms with E-state index in [0.717, 1.165) is 5.56 Å². The van der Waals surface area contributed by atoms with Crippen LogP contribution in [0.25, 0.3) is 0 Å². The number of nitrogens with one attached hydrogen (secondary N) is 2. The van der Waals surface area contributed by atoms with Crippen LogP contribution in [-0.2, 0) is 9.59 Å². The van der Waals surface area contributed by atoms with Gasteiger partial charge in [0.15, 0.2) is 0 Å². The fourth-order valence-corrected chi connectivity index (χ4v) is 2.52. The van der Waals surface area contributed by atoms with Gasteiger partial charge in [0.2, 0.25) is 0 Å². The van der Waals surface area contributed by atoms with Crippen molar-refractivity contribution >= 4 is 46.9 Å². The molecule has 0 atom stereocenters. The molecule has 0 aliphatic heterocycles. The summed E-state index contributed by atoms with van der Waals surface area (Å²) < 4.78 is 0. The Morgan fingerprint density at radius 2 is 1.60 bits per heavy atom. The van der Waals surface area contributed by atoms with Gasteiger partial charge in [-0.25, -0.2) is 5.43 Å². The number of benzene rings is 2. The van der Waals surface area contributed by atoms with Crippen LogP contribution in [0.5, 0.6) is 0 Å². The largest absolute Gasteiger partial charge is 0.329 e. The van der Waals surface area contributed by atoms with Crippen LogP contribution in [0.2, 0.25) is 10.0 Å². The molecule has 7 heteroatoms. The van der Waals surface area contributed by atoms with Crippen molar-refractivity contribution in [1.29, 1.82) is 0 Å². The number of carbonyl (C=O) groups excluding carboxylic acids is 2. The molecule has 2 N–H and O–H groups in total. The highest BCUT2D eigenvalue weighted by atomic mass is 35.5. The van der Waals surface area contributed by atoms with Gasteiger partial charge >= 0.3 is 11.8 Å². The summed E-state index contributed by atoms with van der Waals surface area (Å²) in [4.78, 5) is 23.6. The fraction of sp³-hybridized carbons (Fsp3) is 0.167. The minimum atomic E-state index is -0.897.